The van der Waals surface area contributed by atoms with Crippen LogP contribution in [0, 0.1) is 11.6 Å². The molecule has 1 fully saturated rings. The third-order valence-electron chi connectivity index (χ3n) is 2.70. The molecule has 1 aromatic carbocycles. The average Bonchev–Trinajstić information content (AvgIpc) is 2.87. The summed E-state index contributed by atoms with van der Waals surface area (Å²) in [7, 11) is 0. The molecular weight excluding hydrogens is 184 g/mol. The molecule has 3 heteroatoms. The Hall–Kier alpha value is -0.960. The molecule has 14 heavy (non-hydrogen) atoms. The van der Waals surface area contributed by atoms with Gasteiger partial charge in [0.15, 0.2) is 11.6 Å². The van der Waals surface area contributed by atoms with Crippen molar-refractivity contribution >= 4 is 0 Å². The monoisotopic (exact) mass is 197 g/mol. The summed E-state index contributed by atoms with van der Waals surface area (Å²) in [4.78, 5) is 0. The molecule has 0 radical (unpaired) electrons. The Balaban J connectivity index is 1.99. The van der Waals surface area contributed by atoms with Crippen LogP contribution in [0.1, 0.15) is 25.3 Å². The fraction of sp³-hybridized carbons (Fsp3) is 0.455. The van der Waals surface area contributed by atoms with Crippen LogP contribution in [0.4, 0.5) is 8.78 Å². The smallest absolute Gasteiger partial charge is 0.159 e. The number of nitrogens with one attached hydrogen (secondary N) is 1. The Morgan fingerprint density at radius 2 is 2.00 bits per heavy atom. The topological polar surface area (TPSA) is 12.0 Å². The van der Waals surface area contributed by atoms with Crippen molar-refractivity contribution in [2.75, 3.05) is 0 Å². The Morgan fingerprint density at radius 3 is 2.57 bits per heavy atom. The SMILES string of the molecule is CC1(NCc2ccc(F)c(F)c2)CC1. The molecule has 2 rings (SSSR count). The lowest BCUT2D eigenvalue weighted by molar-refractivity contribution is 0.501. The maximum Gasteiger partial charge on any atom is 0.159 e. The van der Waals surface area contributed by atoms with Gasteiger partial charge in [-0.05, 0) is 37.5 Å². The van der Waals surface area contributed by atoms with Gasteiger partial charge in [0.2, 0.25) is 0 Å². The first-order valence-electron chi connectivity index (χ1n) is 4.78. The van der Waals surface area contributed by atoms with Gasteiger partial charge in [0, 0.05) is 12.1 Å². The van der Waals surface area contributed by atoms with E-state index in [2.05, 4.69) is 12.2 Å². The van der Waals surface area contributed by atoms with Crippen molar-refractivity contribution in [3.05, 3.63) is 35.4 Å². The van der Waals surface area contributed by atoms with Gasteiger partial charge in [-0.3, -0.25) is 0 Å². The molecule has 0 spiro atoms. The third kappa shape index (κ3) is 2.10. The fourth-order valence-electron chi connectivity index (χ4n) is 1.33. The molecule has 76 valence electrons. The maximum atomic E-state index is 12.8. The molecule has 0 heterocycles. The van der Waals surface area contributed by atoms with Crippen LogP contribution in [-0.4, -0.2) is 5.54 Å². The number of hydrogen-bond acceptors (Lipinski definition) is 1. The van der Waals surface area contributed by atoms with Crippen molar-refractivity contribution < 1.29 is 8.78 Å². The highest BCUT2D eigenvalue weighted by molar-refractivity contribution is 5.18. The van der Waals surface area contributed by atoms with Gasteiger partial charge >= 0.3 is 0 Å². The summed E-state index contributed by atoms with van der Waals surface area (Å²) in [5, 5.41) is 3.31. The van der Waals surface area contributed by atoms with Crippen LogP contribution in [0.5, 0.6) is 0 Å². The normalized spacial score (nSPS) is 18.2. The van der Waals surface area contributed by atoms with Crippen LogP contribution in [0.15, 0.2) is 18.2 Å². The number of hydrogen-bond donors (Lipinski definition) is 1. The lowest BCUT2D eigenvalue weighted by Crippen LogP contribution is -2.26. The van der Waals surface area contributed by atoms with Crippen molar-refractivity contribution in [1.29, 1.82) is 0 Å². The minimum absolute atomic E-state index is 0.227. The van der Waals surface area contributed by atoms with Crippen molar-refractivity contribution in [2.24, 2.45) is 0 Å². The van der Waals surface area contributed by atoms with E-state index in [0.717, 1.165) is 18.4 Å². The molecular formula is C11H13F2N. The molecule has 0 atom stereocenters. The second-order valence-corrected chi connectivity index (χ2v) is 4.16. The third-order valence-corrected chi connectivity index (χ3v) is 2.70. The van der Waals surface area contributed by atoms with E-state index in [0.29, 0.717) is 6.54 Å². The van der Waals surface area contributed by atoms with Crippen LogP contribution in [-0.2, 0) is 6.54 Å². The van der Waals surface area contributed by atoms with Gasteiger partial charge in [0.05, 0.1) is 0 Å². The molecule has 1 aliphatic rings. The van der Waals surface area contributed by atoms with E-state index in [-0.39, 0.29) is 5.54 Å². The first kappa shape index (κ1) is 9.59. The molecule has 1 N–H and O–H groups in total. The standard InChI is InChI=1S/C11H13F2N/c1-11(4-5-11)14-7-8-2-3-9(12)10(13)6-8/h2-3,6,14H,4-5,7H2,1H3. The van der Waals surface area contributed by atoms with Crippen LogP contribution in [0.2, 0.25) is 0 Å². The second-order valence-electron chi connectivity index (χ2n) is 4.16. The summed E-state index contributed by atoms with van der Waals surface area (Å²) in [6, 6.07) is 4.02. The summed E-state index contributed by atoms with van der Waals surface area (Å²) in [6.45, 7) is 2.74. The number of rotatable bonds is 3. The van der Waals surface area contributed by atoms with E-state index in [1.54, 1.807) is 6.07 Å². The van der Waals surface area contributed by atoms with Crippen LogP contribution < -0.4 is 5.32 Å². The largest absolute Gasteiger partial charge is 0.307 e. The lowest BCUT2D eigenvalue weighted by atomic mass is 10.2. The average molecular weight is 197 g/mol. The molecule has 0 bridgehead atoms. The molecule has 0 unspecified atom stereocenters. The maximum absolute atomic E-state index is 12.8. The van der Waals surface area contributed by atoms with Gasteiger partial charge in [-0.1, -0.05) is 6.07 Å². The zero-order chi connectivity index (χ0) is 10.2. The molecule has 1 saturated carbocycles. The van der Waals surface area contributed by atoms with Crippen LogP contribution >= 0.6 is 0 Å². The van der Waals surface area contributed by atoms with Crippen LogP contribution in [0.3, 0.4) is 0 Å². The van der Waals surface area contributed by atoms with Crippen LogP contribution in [0.25, 0.3) is 0 Å². The molecule has 0 amide bonds. The van der Waals surface area contributed by atoms with E-state index in [1.165, 1.54) is 12.1 Å². The van der Waals surface area contributed by atoms with E-state index >= 15 is 0 Å². The molecule has 0 aliphatic heterocycles. The van der Waals surface area contributed by atoms with E-state index in [4.69, 9.17) is 0 Å². The van der Waals surface area contributed by atoms with E-state index in [1.807, 2.05) is 0 Å². The number of halogens is 2. The van der Waals surface area contributed by atoms with Crippen molar-refractivity contribution in [2.45, 2.75) is 31.8 Å². The van der Waals surface area contributed by atoms with E-state index < -0.39 is 11.6 Å². The molecule has 0 saturated heterocycles. The zero-order valence-electron chi connectivity index (χ0n) is 8.11. The molecule has 0 aromatic heterocycles. The summed E-state index contributed by atoms with van der Waals surface area (Å²) >= 11 is 0. The Bertz CT molecular complexity index is 345. The summed E-state index contributed by atoms with van der Waals surface area (Å²) in [5.74, 6) is -1.56. The van der Waals surface area contributed by atoms with Crippen molar-refractivity contribution in [1.82, 2.24) is 5.32 Å². The lowest BCUT2D eigenvalue weighted by Gasteiger charge is -2.11. The number of benzene rings is 1. The quantitative estimate of drug-likeness (QED) is 0.785. The molecule has 1 aliphatic carbocycles. The minimum atomic E-state index is -0.786. The highest BCUT2D eigenvalue weighted by Crippen LogP contribution is 2.34. The minimum Gasteiger partial charge on any atom is -0.307 e. The summed E-state index contributed by atoms with van der Waals surface area (Å²) < 4.78 is 25.4. The van der Waals surface area contributed by atoms with Crippen molar-refractivity contribution in [3.8, 4) is 0 Å². The Labute approximate surface area is 82.1 Å². The highest BCUT2D eigenvalue weighted by Gasteiger charge is 2.36. The van der Waals surface area contributed by atoms with Gasteiger partial charge in [-0.15, -0.1) is 0 Å². The zero-order valence-corrected chi connectivity index (χ0v) is 8.11. The molecule has 1 nitrogen and oxygen atoms in total. The predicted octanol–water partition coefficient (Wildman–Crippen LogP) is 2.61. The first-order valence-corrected chi connectivity index (χ1v) is 4.78. The summed E-state index contributed by atoms with van der Waals surface area (Å²) in [5.41, 5.74) is 1.02. The van der Waals surface area contributed by atoms with Gasteiger partial charge in [0.1, 0.15) is 0 Å². The van der Waals surface area contributed by atoms with Gasteiger partial charge in [0.25, 0.3) is 0 Å². The molecule has 1 aromatic rings. The Kier molecular flexibility index (Phi) is 2.27. The van der Waals surface area contributed by atoms with Gasteiger partial charge in [-0.2, -0.15) is 0 Å². The second kappa shape index (κ2) is 3.31. The predicted molar refractivity (Wildman–Crippen MR) is 50.8 cm³/mol. The van der Waals surface area contributed by atoms with Gasteiger partial charge in [-0.25, -0.2) is 8.78 Å². The van der Waals surface area contributed by atoms with E-state index in [9.17, 15) is 8.78 Å². The van der Waals surface area contributed by atoms with Gasteiger partial charge < -0.3 is 5.32 Å². The first-order chi connectivity index (χ1) is 6.59. The highest BCUT2D eigenvalue weighted by atomic mass is 19.2. The fourth-order valence-corrected chi connectivity index (χ4v) is 1.33. The summed E-state index contributed by atoms with van der Waals surface area (Å²) in [6.07, 6.45) is 2.33. The Morgan fingerprint density at radius 1 is 1.29 bits per heavy atom. The van der Waals surface area contributed by atoms with Crippen molar-refractivity contribution in [3.63, 3.8) is 0 Å².